The Hall–Kier alpha value is -1.82. The highest BCUT2D eigenvalue weighted by atomic mass is 16.8. The summed E-state index contributed by atoms with van der Waals surface area (Å²) < 4.78 is 39.3. The van der Waals surface area contributed by atoms with Gasteiger partial charge in [0.1, 0.15) is 97.5 Å². The number of carbonyl (C=O) groups excluding carboxylic acids is 2. The average molecular weight is 749 g/mol. The minimum atomic E-state index is -2.05. The van der Waals surface area contributed by atoms with Crippen molar-refractivity contribution in [2.45, 2.75) is 137 Å². The molecule has 296 valence electrons. The molecule has 0 radical (unpaired) electrons. The Balaban J connectivity index is 1.57. The lowest BCUT2D eigenvalue weighted by atomic mass is 9.94. The first-order valence-corrected chi connectivity index (χ1v) is 16.1. The molecule has 4 rings (SSSR count). The molecule has 0 aliphatic carbocycles. The van der Waals surface area contributed by atoms with Crippen LogP contribution in [0, 0.1) is 0 Å². The fraction of sp³-hybridized carbons (Fsp3) is 0.929. The van der Waals surface area contributed by atoms with Crippen molar-refractivity contribution in [3.05, 3.63) is 0 Å². The van der Waals surface area contributed by atoms with Crippen molar-refractivity contribution >= 4 is 11.8 Å². The number of aliphatic hydroxyl groups is 12. The van der Waals surface area contributed by atoms with E-state index in [0.717, 1.165) is 13.8 Å². The molecule has 0 saturated carbocycles. The van der Waals surface area contributed by atoms with E-state index < -0.39 is 161 Å². The van der Waals surface area contributed by atoms with Crippen molar-refractivity contribution in [1.29, 1.82) is 0 Å². The van der Waals surface area contributed by atoms with Crippen LogP contribution in [0.1, 0.15) is 13.8 Å². The molecule has 4 saturated heterocycles. The third-order valence-electron chi connectivity index (χ3n) is 9.01. The molecular formula is C28H48N2O21. The van der Waals surface area contributed by atoms with Gasteiger partial charge >= 0.3 is 0 Å². The molecule has 51 heavy (non-hydrogen) atoms. The molecule has 0 aromatic carbocycles. The SMILES string of the molecule is CC(=O)N[C@H]1[C@H](O[C@H]2C(O)O[C@H](CO)[C@@H](O[C@@H]3O[C@H](CO)[C@H](O)[C@H](O)[C@H]3O)[C@@H]2O)O[C@H](CO)[C@@H](O[C@@H]2O[C@H](CO)[C@@H](O)[C@H](O)[C@H]2NC(C)=O)[C@@H]1O. The standard InChI is InChI=1S/C28H48N2O21/c1-7(35)29-13-17(39)15(37)9(3-31)46-26(13)49-22-12(6-34)48-27(14(18(22)40)30-8(2)36)51-24-21(43)23(11(5-33)45-25(24)44)50-28-20(42)19(41)16(38)10(4-32)47-28/h9-28,31-34,37-44H,3-6H2,1-2H3,(H,29,35)(H,30,36)/t9-,10-,11-,12-,13-,14-,15-,16+,17-,18-,19+,20-,21+,22-,23-,24-,25?,26+,27+,28+/m1/s1. The lowest BCUT2D eigenvalue weighted by Crippen LogP contribution is -2.70. The van der Waals surface area contributed by atoms with E-state index in [4.69, 9.17) is 33.2 Å². The van der Waals surface area contributed by atoms with Crippen molar-refractivity contribution in [2.75, 3.05) is 26.4 Å². The second kappa shape index (κ2) is 18.0. The normalized spacial score (nSPS) is 47.8. The average Bonchev–Trinajstić information content (AvgIpc) is 3.09. The Morgan fingerprint density at radius 2 is 0.863 bits per heavy atom. The smallest absolute Gasteiger partial charge is 0.217 e. The summed E-state index contributed by atoms with van der Waals surface area (Å²) >= 11 is 0. The number of amides is 2. The van der Waals surface area contributed by atoms with E-state index in [1.165, 1.54) is 0 Å². The fourth-order valence-corrected chi connectivity index (χ4v) is 6.34. The third kappa shape index (κ3) is 9.11. The summed E-state index contributed by atoms with van der Waals surface area (Å²) in [6.07, 6.45) is -31.3. The summed E-state index contributed by atoms with van der Waals surface area (Å²) in [7, 11) is 0. The van der Waals surface area contributed by atoms with Gasteiger partial charge in [0, 0.05) is 13.8 Å². The Bertz CT molecular complexity index is 1140. The van der Waals surface area contributed by atoms with Gasteiger partial charge in [0.2, 0.25) is 11.8 Å². The predicted molar refractivity (Wildman–Crippen MR) is 157 cm³/mol. The largest absolute Gasteiger partial charge is 0.394 e. The number of hydrogen-bond acceptors (Lipinski definition) is 21. The number of rotatable bonds is 12. The van der Waals surface area contributed by atoms with Gasteiger partial charge in [-0.05, 0) is 0 Å². The summed E-state index contributed by atoms with van der Waals surface area (Å²) in [6, 6.07) is -3.09. The maximum atomic E-state index is 12.2. The number of carbonyl (C=O) groups is 2. The second-order valence-corrected chi connectivity index (χ2v) is 12.6. The molecule has 0 spiro atoms. The van der Waals surface area contributed by atoms with Crippen LogP contribution in [0.4, 0.5) is 0 Å². The molecule has 20 atom stereocenters. The molecule has 4 aliphatic heterocycles. The molecule has 23 heteroatoms. The second-order valence-electron chi connectivity index (χ2n) is 12.6. The van der Waals surface area contributed by atoms with E-state index in [0.29, 0.717) is 0 Å². The molecule has 0 bridgehead atoms. The fourth-order valence-electron chi connectivity index (χ4n) is 6.34. The van der Waals surface area contributed by atoms with Crippen molar-refractivity contribution in [3.63, 3.8) is 0 Å². The first-order chi connectivity index (χ1) is 24.1. The van der Waals surface area contributed by atoms with Gasteiger partial charge in [-0.15, -0.1) is 0 Å². The molecule has 4 aliphatic rings. The maximum Gasteiger partial charge on any atom is 0.217 e. The molecule has 4 heterocycles. The van der Waals surface area contributed by atoms with Gasteiger partial charge in [-0.1, -0.05) is 0 Å². The van der Waals surface area contributed by atoms with E-state index in [2.05, 4.69) is 10.6 Å². The molecule has 0 aromatic rings. The Labute approximate surface area is 289 Å². The minimum Gasteiger partial charge on any atom is -0.394 e. The molecule has 14 N–H and O–H groups in total. The Morgan fingerprint density at radius 1 is 0.471 bits per heavy atom. The van der Waals surface area contributed by atoms with Crippen molar-refractivity contribution in [1.82, 2.24) is 10.6 Å². The Kier molecular flexibility index (Phi) is 14.8. The zero-order valence-corrected chi connectivity index (χ0v) is 27.4. The van der Waals surface area contributed by atoms with Crippen LogP contribution < -0.4 is 10.6 Å². The first kappa shape index (κ1) is 41.9. The number of nitrogens with one attached hydrogen (secondary N) is 2. The van der Waals surface area contributed by atoms with Crippen LogP contribution in [0.15, 0.2) is 0 Å². The van der Waals surface area contributed by atoms with Gasteiger partial charge < -0.3 is 105 Å². The van der Waals surface area contributed by atoms with E-state index >= 15 is 0 Å². The number of hydrogen-bond donors (Lipinski definition) is 14. The van der Waals surface area contributed by atoms with Gasteiger partial charge in [-0.25, -0.2) is 0 Å². The monoisotopic (exact) mass is 748 g/mol. The van der Waals surface area contributed by atoms with Crippen molar-refractivity contribution in [2.24, 2.45) is 0 Å². The van der Waals surface area contributed by atoms with E-state index in [1.807, 2.05) is 0 Å². The van der Waals surface area contributed by atoms with Crippen LogP contribution in [0.25, 0.3) is 0 Å². The quantitative estimate of drug-likeness (QED) is 0.0881. The summed E-state index contributed by atoms with van der Waals surface area (Å²) in [5.74, 6) is -1.44. The molecular weight excluding hydrogens is 700 g/mol. The zero-order chi connectivity index (χ0) is 37.9. The highest BCUT2D eigenvalue weighted by molar-refractivity contribution is 5.73. The topological polar surface area (TPSA) is 366 Å². The van der Waals surface area contributed by atoms with Crippen LogP contribution in [0.3, 0.4) is 0 Å². The first-order valence-electron chi connectivity index (χ1n) is 16.1. The van der Waals surface area contributed by atoms with Gasteiger partial charge in [0.05, 0.1) is 26.4 Å². The van der Waals surface area contributed by atoms with Crippen LogP contribution in [-0.2, 0) is 42.7 Å². The Morgan fingerprint density at radius 3 is 1.37 bits per heavy atom. The van der Waals surface area contributed by atoms with Crippen LogP contribution in [0.5, 0.6) is 0 Å². The highest BCUT2D eigenvalue weighted by Gasteiger charge is 2.55. The molecule has 23 nitrogen and oxygen atoms in total. The third-order valence-corrected chi connectivity index (χ3v) is 9.01. The van der Waals surface area contributed by atoms with Gasteiger partial charge in [-0.2, -0.15) is 0 Å². The molecule has 0 aromatic heterocycles. The zero-order valence-electron chi connectivity index (χ0n) is 27.4. The van der Waals surface area contributed by atoms with Crippen LogP contribution >= 0.6 is 0 Å². The summed E-state index contributed by atoms with van der Waals surface area (Å²) in [4.78, 5) is 24.1. The van der Waals surface area contributed by atoms with Crippen LogP contribution in [-0.4, -0.2) is 222 Å². The van der Waals surface area contributed by atoms with Crippen molar-refractivity contribution in [3.8, 4) is 0 Å². The van der Waals surface area contributed by atoms with Crippen LogP contribution in [0.2, 0.25) is 0 Å². The summed E-state index contributed by atoms with van der Waals surface area (Å²) in [5, 5.41) is 129. The summed E-state index contributed by atoms with van der Waals surface area (Å²) in [5.41, 5.74) is 0. The van der Waals surface area contributed by atoms with E-state index in [1.54, 1.807) is 0 Å². The predicted octanol–water partition coefficient (Wildman–Crippen LogP) is -9.46. The molecule has 2 amide bonds. The molecule has 4 fully saturated rings. The molecule has 1 unspecified atom stereocenters. The van der Waals surface area contributed by atoms with Gasteiger partial charge in [-0.3, -0.25) is 9.59 Å². The number of ether oxygens (including phenoxy) is 7. The minimum absolute atomic E-state index is 0.682. The number of aliphatic hydroxyl groups excluding tert-OH is 12. The lowest BCUT2D eigenvalue weighted by molar-refractivity contribution is -0.381. The lowest BCUT2D eigenvalue weighted by Gasteiger charge is -2.50. The van der Waals surface area contributed by atoms with Gasteiger partial charge in [0.15, 0.2) is 25.2 Å². The maximum absolute atomic E-state index is 12.2. The highest BCUT2D eigenvalue weighted by Crippen LogP contribution is 2.34. The summed E-state index contributed by atoms with van der Waals surface area (Å²) in [6.45, 7) is -1.25. The van der Waals surface area contributed by atoms with E-state index in [9.17, 15) is 70.9 Å². The van der Waals surface area contributed by atoms with Crippen molar-refractivity contribution < 1.29 is 104 Å². The van der Waals surface area contributed by atoms with E-state index in [-0.39, 0.29) is 0 Å². The van der Waals surface area contributed by atoms with Gasteiger partial charge in [0.25, 0.3) is 0 Å².